The van der Waals surface area contributed by atoms with Crippen LogP contribution in [0.1, 0.15) is 36.4 Å². The Balaban J connectivity index is 2.01. The molecule has 3 heteroatoms. The molecule has 0 atom stereocenters. The Morgan fingerprint density at radius 1 is 1.09 bits per heavy atom. The van der Waals surface area contributed by atoms with E-state index in [1.54, 1.807) is 0 Å². The van der Waals surface area contributed by atoms with E-state index in [1.807, 2.05) is 0 Å². The minimum absolute atomic E-state index is 0.582. The van der Waals surface area contributed by atoms with E-state index in [1.165, 1.54) is 16.8 Å². The van der Waals surface area contributed by atoms with E-state index in [4.69, 9.17) is 4.98 Å². The van der Waals surface area contributed by atoms with Crippen molar-refractivity contribution in [2.75, 3.05) is 5.32 Å². The summed E-state index contributed by atoms with van der Waals surface area (Å²) in [6.07, 6.45) is 0.983. The molecule has 2 aromatic heterocycles. The number of pyridine rings is 1. The summed E-state index contributed by atoms with van der Waals surface area (Å²) in [5.74, 6) is 1.72. The van der Waals surface area contributed by atoms with Gasteiger partial charge in [0.1, 0.15) is 11.5 Å². The van der Waals surface area contributed by atoms with Crippen LogP contribution < -0.4 is 5.32 Å². The molecule has 0 saturated heterocycles. The topological polar surface area (TPSA) is 29.3 Å². The first-order chi connectivity index (χ1) is 11.0. The Morgan fingerprint density at radius 2 is 1.83 bits per heavy atom. The van der Waals surface area contributed by atoms with Crippen LogP contribution in [-0.4, -0.2) is 9.38 Å². The Bertz CT molecular complexity index is 801. The number of anilines is 1. The quantitative estimate of drug-likeness (QED) is 0.736. The SMILES string of the molecule is Cc1cc(C)n2c(NCc3ccccc3)c(CC(C)C)nc2c1. The van der Waals surface area contributed by atoms with Crippen LogP contribution in [0.3, 0.4) is 0 Å². The number of hydrogen-bond donors (Lipinski definition) is 1. The van der Waals surface area contributed by atoms with Gasteiger partial charge in [0.05, 0.1) is 5.69 Å². The van der Waals surface area contributed by atoms with Crippen LogP contribution in [0.5, 0.6) is 0 Å². The van der Waals surface area contributed by atoms with E-state index in [2.05, 4.69) is 79.9 Å². The molecule has 0 aliphatic rings. The molecule has 1 N–H and O–H groups in total. The van der Waals surface area contributed by atoms with Crippen molar-refractivity contribution in [2.24, 2.45) is 5.92 Å². The van der Waals surface area contributed by atoms with Gasteiger partial charge in [-0.2, -0.15) is 0 Å². The highest BCUT2D eigenvalue weighted by Gasteiger charge is 2.15. The summed E-state index contributed by atoms with van der Waals surface area (Å²) in [6.45, 7) is 9.56. The third kappa shape index (κ3) is 3.39. The zero-order valence-corrected chi connectivity index (χ0v) is 14.4. The first kappa shape index (κ1) is 15.6. The monoisotopic (exact) mass is 307 g/mol. The van der Waals surface area contributed by atoms with Gasteiger partial charge < -0.3 is 5.32 Å². The number of aryl methyl sites for hydroxylation is 2. The fraction of sp³-hybridized carbons (Fsp3) is 0.350. The maximum Gasteiger partial charge on any atom is 0.139 e. The van der Waals surface area contributed by atoms with Gasteiger partial charge in [-0.3, -0.25) is 4.40 Å². The van der Waals surface area contributed by atoms with Gasteiger partial charge in [-0.15, -0.1) is 0 Å². The molecule has 0 fully saturated rings. The summed E-state index contributed by atoms with van der Waals surface area (Å²) < 4.78 is 2.24. The second-order valence-corrected chi connectivity index (χ2v) is 6.71. The average molecular weight is 307 g/mol. The van der Waals surface area contributed by atoms with Crippen molar-refractivity contribution < 1.29 is 0 Å². The molecule has 0 spiro atoms. The number of fused-ring (bicyclic) bond motifs is 1. The molecule has 23 heavy (non-hydrogen) atoms. The molecule has 3 aromatic rings. The minimum atomic E-state index is 0.582. The molecule has 0 bridgehead atoms. The van der Waals surface area contributed by atoms with Crippen molar-refractivity contribution in [2.45, 2.75) is 40.7 Å². The largest absolute Gasteiger partial charge is 0.366 e. The lowest BCUT2D eigenvalue weighted by Crippen LogP contribution is -2.07. The van der Waals surface area contributed by atoms with Crippen LogP contribution >= 0.6 is 0 Å². The van der Waals surface area contributed by atoms with Gasteiger partial charge in [0, 0.05) is 12.2 Å². The van der Waals surface area contributed by atoms with Crippen molar-refractivity contribution in [1.82, 2.24) is 9.38 Å². The van der Waals surface area contributed by atoms with E-state index in [0.717, 1.165) is 30.1 Å². The maximum absolute atomic E-state index is 4.89. The number of nitrogens with one attached hydrogen (secondary N) is 1. The Kier molecular flexibility index (Phi) is 4.37. The molecule has 0 saturated carbocycles. The zero-order valence-electron chi connectivity index (χ0n) is 14.4. The van der Waals surface area contributed by atoms with E-state index in [-0.39, 0.29) is 0 Å². The predicted molar refractivity (Wildman–Crippen MR) is 97.0 cm³/mol. The predicted octanol–water partition coefficient (Wildman–Crippen LogP) is 4.76. The molecule has 0 amide bonds. The Hall–Kier alpha value is -2.29. The first-order valence-corrected chi connectivity index (χ1v) is 8.31. The lowest BCUT2D eigenvalue weighted by Gasteiger charge is -2.12. The molecule has 2 heterocycles. The second kappa shape index (κ2) is 6.45. The average Bonchev–Trinajstić information content (AvgIpc) is 2.82. The van der Waals surface area contributed by atoms with E-state index in [9.17, 15) is 0 Å². The summed E-state index contributed by atoms with van der Waals surface area (Å²) in [5.41, 5.74) is 5.95. The standard InChI is InChI=1S/C20H25N3/c1-14(2)10-18-20(21-13-17-8-6-5-7-9-17)23-16(4)11-15(3)12-19(23)22-18/h5-9,11-12,14,21H,10,13H2,1-4H3. The maximum atomic E-state index is 4.89. The van der Waals surface area contributed by atoms with Crippen molar-refractivity contribution in [3.63, 3.8) is 0 Å². The zero-order chi connectivity index (χ0) is 16.4. The summed E-state index contributed by atoms with van der Waals surface area (Å²) in [5, 5.41) is 3.62. The van der Waals surface area contributed by atoms with Gasteiger partial charge in [0.2, 0.25) is 0 Å². The molecular weight excluding hydrogens is 282 g/mol. The van der Waals surface area contributed by atoms with Crippen LogP contribution in [0.15, 0.2) is 42.5 Å². The first-order valence-electron chi connectivity index (χ1n) is 8.31. The lowest BCUT2D eigenvalue weighted by molar-refractivity contribution is 0.638. The van der Waals surface area contributed by atoms with Gasteiger partial charge >= 0.3 is 0 Å². The lowest BCUT2D eigenvalue weighted by atomic mass is 10.1. The molecular formula is C20H25N3. The van der Waals surface area contributed by atoms with Crippen LogP contribution in [0.2, 0.25) is 0 Å². The molecule has 3 rings (SSSR count). The molecule has 0 unspecified atom stereocenters. The fourth-order valence-corrected chi connectivity index (χ4v) is 3.07. The van der Waals surface area contributed by atoms with Crippen LogP contribution in [0.4, 0.5) is 5.82 Å². The molecule has 3 nitrogen and oxygen atoms in total. The third-order valence-electron chi connectivity index (χ3n) is 4.03. The molecule has 0 aliphatic carbocycles. The summed E-state index contributed by atoms with van der Waals surface area (Å²) in [7, 11) is 0. The van der Waals surface area contributed by atoms with Gasteiger partial charge in [-0.05, 0) is 49.4 Å². The second-order valence-electron chi connectivity index (χ2n) is 6.71. The van der Waals surface area contributed by atoms with Gasteiger partial charge in [-0.1, -0.05) is 44.2 Å². The van der Waals surface area contributed by atoms with Crippen LogP contribution in [-0.2, 0) is 13.0 Å². The third-order valence-corrected chi connectivity index (χ3v) is 4.03. The van der Waals surface area contributed by atoms with Gasteiger partial charge in [-0.25, -0.2) is 4.98 Å². The number of rotatable bonds is 5. The van der Waals surface area contributed by atoms with Crippen molar-refractivity contribution in [1.29, 1.82) is 0 Å². The highest BCUT2D eigenvalue weighted by molar-refractivity contribution is 5.58. The van der Waals surface area contributed by atoms with Gasteiger partial charge in [0.25, 0.3) is 0 Å². The Labute approximate surface area is 138 Å². The van der Waals surface area contributed by atoms with Crippen LogP contribution in [0.25, 0.3) is 5.65 Å². The van der Waals surface area contributed by atoms with Crippen molar-refractivity contribution >= 4 is 11.5 Å². The number of aromatic nitrogens is 2. The number of imidazole rings is 1. The van der Waals surface area contributed by atoms with E-state index >= 15 is 0 Å². The number of benzene rings is 1. The molecule has 120 valence electrons. The summed E-state index contributed by atoms with van der Waals surface area (Å²) >= 11 is 0. The smallest absolute Gasteiger partial charge is 0.139 e. The van der Waals surface area contributed by atoms with Crippen LogP contribution in [0, 0.1) is 19.8 Å². The molecule has 0 aliphatic heterocycles. The number of nitrogens with zero attached hydrogens (tertiary/aromatic N) is 2. The van der Waals surface area contributed by atoms with E-state index in [0.29, 0.717) is 5.92 Å². The summed E-state index contributed by atoms with van der Waals surface area (Å²) in [6, 6.07) is 14.9. The molecule has 0 radical (unpaired) electrons. The van der Waals surface area contributed by atoms with Crippen molar-refractivity contribution in [3.05, 3.63) is 65.0 Å². The number of hydrogen-bond acceptors (Lipinski definition) is 2. The molecule has 1 aromatic carbocycles. The van der Waals surface area contributed by atoms with E-state index < -0.39 is 0 Å². The Morgan fingerprint density at radius 3 is 2.52 bits per heavy atom. The highest BCUT2D eigenvalue weighted by atomic mass is 15.1. The summed E-state index contributed by atoms with van der Waals surface area (Å²) in [4.78, 5) is 4.89. The normalized spacial score (nSPS) is 11.3. The van der Waals surface area contributed by atoms with Crippen molar-refractivity contribution in [3.8, 4) is 0 Å². The fourth-order valence-electron chi connectivity index (χ4n) is 3.07. The highest BCUT2D eigenvalue weighted by Crippen LogP contribution is 2.24. The minimum Gasteiger partial charge on any atom is -0.366 e. The van der Waals surface area contributed by atoms with Gasteiger partial charge in [0.15, 0.2) is 0 Å².